The molecule has 0 unspecified atom stereocenters. The van der Waals surface area contributed by atoms with E-state index in [9.17, 15) is 28.8 Å². The van der Waals surface area contributed by atoms with Crippen LogP contribution in [0.4, 0.5) is 0 Å². The van der Waals surface area contributed by atoms with Crippen molar-refractivity contribution in [2.75, 3.05) is 13.1 Å². The van der Waals surface area contributed by atoms with Gasteiger partial charge in [-0.25, -0.2) is 47.9 Å². The van der Waals surface area contributed by atoms with Crippen LogP contribution in [0.3, 0.4) is 0 Å². The van der Waals surface area contributed by atoms with Gasteiger partial charge < -0.3 is 0 Å². The van der Waals surface area contributed by atoms with Crippen molar-refractivity contribution in [1.29, 1.82) is 0 Å². The van der Waals surface area contributed by atoms with E-state index in [-0.39, 0.29) is 13.1 Å². The van der Waals surface area contributed by atoms with Gasteiger partial charge in [0.05, 0.1) is 13.1 Å². The fourth-order valence-electron chi connectivity index (χ4n) is 2.85. The van der Waals surface area contributed by atoms with Crippen LogP contribution >= 0.6 is 0 Å². The average Bonchev–Trinajstić information content (AvgIpc) is 2.74. The molecule has 12 nitrogen and oxygen atoms in total. The van der Waals surface area contributed by atoms with Gasteiger partial charge >= 0.3 is 17.1 Å². The lowest BCUT2D eigenvalue weighted by Crippen LogP contribution is -2.53. The first kappa shape index (κ1) is 24.6. The van der Waals surface area contributed by atoms with Gasteiger partial charge in [0, 0.05) is 13.1 Å². The molecular formula is C18H24N6O6. The van der Waals surface area contributed by atoms with Gasteiger partial charge in [-0.15, -0.1) is 4.68 Å². The lowest BCUT2D eigenvalue weighted by molar-refractivity contribution is 0.435. The normalized spacial score (nSPS) is 10.0. The van der Waals surface area contributed by atoms with Crippen molar-refractivity contribution < 1.29 is 14.4 Å². The molecule has 0 atom stereocenters. The van der Waals surface area contributed by atoms with Crippen LogP contribution in [0.15, 0.2) is 29.5 Å². The number of isocyanates is 3. The standard InChI is InChI=1S/C18H24N6O6/c25-13-19-9-5-1-3-7-11-22-16(28)23(12-8-4-2-6-10-20-14-26)18(30)24(17(22)29)21-15-27/h1-12H2. The molecule has 0 aliphatic carbocycles. The van der Waals surface area contributed by atoms with Gasteiger partial charge in [0.1, 0.15) is 0 Å². The summed E-state index contributed by atoms with van der Waals surface area (Å²) >= 11 is 0. The van der Waals surface area contributed by atoms with E-state index in [1.807, 2.05) is 0 Å². The van der Waals surface area contributed by atoms with Crippen LogP contribution in [0.25, 0.3) is 0 Å². The Morgan fingerprint density at radius 2 is 1.00 bits per heavy atom. The molecule has 0 amide bonds. The van der Waals surface area contributed by atoms with Crippen LogP contribution in [0.2, 0.25) is 0 Å². The Hall–Kier alpha value is -3.45. The van der Waals surface area contributed by atoms with Gasteiger partial charge in [-0.1, -0.05) is 30.8 Å². The van der Waals surface area contributed by atoms with Gasteiger partial charge in [0.25, 0.3) is 6.08 Å². The zero-order valence-corrected chi connectivity index (χ0v) is 16.6. The van der Waals surface area contributed by atoms with Gasteiger partial charge in [-0.2, -0.15) is 0 Å². The van der Waals surface area contributed by atoms with E-state index in [0.29, 0.717) is 56.3 Å². The summed E-state index contributed by atoms with van der Waals surface area (Å²) in [7, 11) is 0. The Morgan fingerprint density at radius 3 is 1.40 bits per heavy atom. The van der Waals surface area contributed by atoms with Gasteiger partial charge in [0.15, 0.2) is 0 Å². The molecule has 0 fully saturated rings. The molecule has 12 heteroatoms. The lowest BCUT2D eigenvalue weighted by Gasteiger charge is -2.11. The third kappa shape index (κ3) is 7.89. The monoisotopic (exact) mass is 420 g/mol. The molecule has 0 N–H and O–H groups in total. The highest BCUT2D eigenvalue weighted by molar-refractivity contribution is 5.33. The van der Waals surface area contributed by atoms with E-state index < -0.39 is 17.1 Å². The summed E-state index contributed by atoms with van der Waals surface area (Å²) in [5.74, 6) is 0. The number of carbonyl (C=O) groups excluding carboxylic acids is 3. The molecule has 0 aliphatic heterocycles. The van der Waals surface area contributed by atoms with Crippen LogP contribution in [0.1, 0.15) is 51.4 Å². The molecule has 1 rings (SSSR count). The van der Waals surface area contributed by atoms with Crippen LogP contribution < -0.4 is 17.1 Å². The van der Waals surface area contributed by atoms with Crippen molar-refractivity contribution >= 4 is 18.2 Å². The zero-order valence-electron chi connectivity index (χ0n) is 16.6. The predicted octanol–water partition coefficient (Wildman–Crippen LogP) is 0.0630. The SMILES string of the molecule is O=C=NCCCCCCn1c(=O)n(CCCCCCN=C=O)c(=O)n(N=C=O)c1=O. The Labute approximate surface area is 171 Å². The molecule has 0 aromatic carbocycles. The molecule has 1 aromatic heterocycles. The fourth-order valence-corrected chi connectivity index (χ4v) is 2.85. The minimum absolute atomic E-state index is 0.0625. The van der Waals surface area contributed by atoms with Crippen molar-refractivity contribution in [3.63, 3.8) is 0 Å². The number of nitrogens with zero attached hydrogens (tertiary/aromatic N) is 6. The molecule has 1 heterocycles. The van der Waals surface area contributed by atoms with Crippen LogP contribution in [0, 0.1) is 0 Å². The first-order chi connectivity index (χ1) is 14.6. The van der Waals surface area contributed by atoms with Gasteiger partial charge in [0.2, 0.25) is 12.2 Å². The maximum atomic E-state index is 12.6. The minimum atomic E-state index is -0.984. The number of rotatable bonds is 15. The van der Waals surface area contributed by atoms with Crippen molar-refractivity contribution in [2.45, 2.75) is 64.5 Å². The lowest BCUT2D eigenvalue weighted by atomic mass is 10.2. The summed E-state index contributed by atoms with van der Waals surface area (Å²) in [5.41, 5.74) is -2.72. The third-order valence-electron chi connectivity index (χ3n) is 4.36. The second-order valence-electron chi connectivity index (χ2n) is 6.43. The maximum Gasteiger partial charge on any atom is 0.358 e. The molecule has 1 aromatic rings. The van der Waals surface area contributed by atoms with Gasteiger partial charge in [-0.3, -0.25) is 0 Å². The molecule has 30 heavy (non-hydrogen) atoms. The number of hydrogen-bond acceptors (Lipinski definition) is 9. The third-order valence-corrected chi connectivity index (χ3v) is 4.36. The van der Waals surface area contributed by atoms with E-state index in [2.05, 4.69) is 15.1 Å². The number of aromatic nitrogens is 3. The highest BCUT2D eigenvalue weighted by Gasteiger charge is 2.15. The van der Waals surface area contributed by atoms with E-state index in [1.54, 1.807) is 0 Å². The second kappa shape index (κ2) is 14.5. The Bertz CT molecular complexity index is 935. The molecule has 0 radical (unpaired) electrons. The summed E-state index contributed by atoms with van der Waals surface area (Å²) < 4.78 is 2.10. The number of aliphatic imine (C=N–C) groups is 2. The summed E-state index contributed by atoms with van der Waals surface area (Å²) in [4.78, 5) is 74.9. The van der Waals surface area contributed by atoms with Crippen molar-refractivity contribution in [3.05, 3.63) is 31.5 Å². The second-order valence-corrected chi connectivity index (χ2v) is 6.43. The largest absolute Gasteiger partial charge is 0.358 e. The van der Waals surface area contributed by atoms with E-state index in [4.69, 9.17) is 0 Å². The van der Waals surface area contributed by atoms with Crippen LogP contribution in [-0.4, -0.2) is 45.1 Å². The zero-order chi connectivity index (χ0) is 22.2. The first-order valence-electron chi connectivity index (χ1n) is 9.70. The van der Waals surface area contributed by atoms with E-state index in [0.717, 1.165) is 28.1 Å². The Morgan fingerprint density at radius 1 is 0.567 bits per heavy atom. The Balaban J connectivity index is 2.87. The summed E-state index contributed by atoms with van der Waals surface area (Å²) in [6.07, 6.45) is 9.25. The maximum absolute atomic E-state index is 12.6. The smallest absolute Gasteiger partial charge is 0.247 e. The summed E-state index contributed by atoms with van der Waals surface area (Å²) in [5, 5.41) is 3.13. The molecule has 0 spiro atoms. The van der Waals surface area contributed by atoms with Crippen molar-refractivity contribution in [2.24, 2.45) is 15.1 Å². The highest BCUT2D eigenvalue weighted by atomic mass is 16.2. The quantitative estimate of drug-likeness (QED) is 0.222. The first-order valence-corrected chi connectivity index (χ1v) is 9.70. The van der Waals surface area contributed by atoms with Gasteiger partial charge in [-0.05, 0) is 25.7 Å². The summed E-state index contributed by atoms with van der Waals surface area (Å²) in [6, 6.07) is 0. The molecule has 0 saturated carbocycles. The summed E-state index contributed by atoms with van der Waals surface area (Å²) in [6.45, 7) is 0.868. The van der Waals surface area contributed by atoms with E-state index >= 15 is 0 Å². The van der Waals surface area contributed by atoms with Crippen molar-refractivity contribution in [1.82, 2.24) is 13.8 Å². The fraction of sp³-hybridized carbons (Fsp3) is 0.667. The number of hydrogen-bond donors (Lipinski definition) is 0. The van der Waals surface area contributed by atoms with Crippen molar-refractivity contribution in [3.8, 4) is 0 Å². The molecule has 0 aliphatic rings. The number of unbranched alkanes of at least 4 members (excludes halogenated alkanes) is 6. The molecular weight excluding hydrogens is 396 g/mol. The topological polar surface area (TPSA) is 154 Å². The van der Waals surface area contributed by atoms with Crippen LogP contribution in [0.5, 0.6) is 0 Å². The minimum Gasteiger partial charge on any atom is -0.247 e. The van der Waals surface area contributed by atoms with Crippen LogP contribution in [-0.2, 0) is 27.5 Å². The molecule has 162 valence electrons. The predicted molar refractivity (Wildman–Crippen MR) is 106 cm³/mol. The molecule has 0 saturated heterocycles. The van der Waals surface area contributed by atoms with E-state index in [1.165, 1.54) is 12.2 Å². The highest BCUT2D eigenvalue weighted by Crippen LogP contribution is 2.02. The Kier molecular flexibility index (Phi) is 11.9. The average molecular weight is 420 g/mol. The molecule has 0 bridgehead atoms.